The van der Waals surface area contributed by atoms with Crippen molar-refractivity contribution in [3.63, 3.8) is 0 Å². The molecular weight excluding hydrogens is 151 g/mol. The molecule has 1 aromatic carbocycles. The van der Waals surface area contributed by atoms with E-state index in [9.17, 15) is 4.39 Å². The van der Waals surface area contributed by atoms with Crippen LogP contribution in [-0.4, -0.2) is 0 Å². The number of benzene rings is 1. The van der Waals surface area contributed by atoms with Crippen LogP contribution in [0.1, 0.15) is 35.4 Å². The largest absolute Gasteiger partial charge is 0.207 e. The molecule has 1 heteroatoms. The molecule has 0 aromatic heterocycles. The smallest absolute Gasteiger partial charge is 0.127 e. The van der Waals surface area contributed by atoms with Crippen LogP contribution < -0.4 is 0 Å². The van der Waals surface area contributed by atoms with Crippen LogP contribution >= 0.6 is 0 Å². The van der Waals surface area contributed by atoms with Gasteiger partial charge < -0.3 is 0 Å². The minimum absolute atomic E-state index is 0.00463. The van der Waals surface area contributed by atoms with Gasteiger partial charge in [0.25, 0.3) is 0 Å². The molecular formula is C11H13F. The molecule has 1 aliphatic rings. The lowest BCUT2D eigenvalue weighted by molar-refractivity contribution is 0.607. The Morgan fingerprint density at radius 1 is 1.25 bits per heavy atom. The van der Waals surface area contributed by atoms with E-state index in [0.29, 0.717) is 5.92 Å². The van der Waals surface area contributed by atoms with Gasteiger partial charge in [0.1, 0.15) is 5.82 Å². The molecule has 0 amide bonds. The van der Waals surface area contributed by atoms with Gasteiger partial charge in [0.2, 0.25) is 0 Å². The molecule has 0 unspecified atom stereocenters. The van der Waals surface area contributed by atoms with Crippen molar-refractivity contribution < 1.29 is 4.39 Å². The lowest BCUT2D eigenvalue weighted by atomic mass is 10.0. The van der Waals surface area contributed by atoms with Gasteiger partial charge in [-0.15, -0.1) is 0 Å². The van der Waals surface area contributed by atoms with Crippen LogP contribution in [0, 0.1) is 19.7 Å². The summed E-state index contributed by atoms with van der Waals surface area (Å²) < 4.78 is 13.4. The average Bonchev–Trinajstić information content (AvgIpc) is 2.68. The van der Waals surface area contributed by atoms with Crippen molar-refractivity contribution in [2.24, 2.45) is 0 Å². The summed E-state index contributed by atoms with van der Waals surface area (Å²) in [6.07, 6.45) is 2.33. The fourth-order valence-electron chi connectivity index (χ4n) is 1.82. The van der Waals surface area contributed by atoms with Crippen molar-refractivity contribution in [2.45, 2.75) is 32.6 Å². The Morgan fingerprint density at radius 3 is 2.42 bits per heavy atom. The van der Waals surface area contributed by atoms with Gasteiger partial charge in [-0.05, 0) is 55.4 Å². The second-order valence-corrected chi connectivity index (χ2v) is 3.75. The molecule has 0 radical (unpaired) electrons. The Hall–Kier alpha value is -0.850. The molecule has 0 saturated heterocycles. The van der Waals surface area contributed by atoms with Gasteiger partial charge in [-0.3, -0.25) is 0 Å². The molecule has 12 heavy (non-hydrogen) atoms. The van der Waals surface area contributed by atoms with Crippen LogP contribution in [0.25, 0.3) is 0 Å². The average molecular weight is 164 g/mol. The highest BCUT2D eigenvalue weighted by atomic mass is 19.1. The zero-order valence-electron chi connectivity index (χ0n) is 7.52. The monoisotopic (exact) mass is 164 g/mol. The Bertz CT molecular complexity index is 288. The first-order chi connectivity index (χ1) is 5.68. The van der Waals surface area contributed by atoms with Crippen LogP contribution in [0.5, 0.6) is 0 Å². The van der Waals surface area contributed by atoms with Crippen LogP contribution in [0.3, 0.4) is 0 Å². The quantitative estimate of drug-likeness (QED) is 0.597. The molecule has 1 aromatic rings. The second kappa shape index (κ2) is 2.58. The van der Waals surface area contributed by atoms with E-state index in [1.165, 1.54) is 12.8 Å². The third-order valence-corrected chi connectivity index (χ3v) is 2.47. The highest BCUT2D eigenvalue weighted by Gasteiger charge is 2.27. The van der Waals surface area contributed by atoms with Gasteiger partial charge in [-0.2, -0.15) is 0 Å². The second-order valence-electron chi connectivity index (χ2n) is 3.75. The molecule has 0 spiro atoms. The van der Waals surface area contributed by atoms with Gasteiger partial charge in [0, 0.05) is 0 Å². The third kappa shape index (κ3) is 1.24. The van der Waals surface area contributed by atoms with Crippen molar-refractivity contribution in [3.8, 4) is 0 Å². The Balaban J connectivity index is 2.51. The van der Waals surface area contributed by atoms with E-state index in [-0.39, 0.29) is 5.82 Å². The summed E-state index contributed by atoms with van der Waals surface area (Å²) in [4.78, 5) is 0. The summed E-state index contributed by atoms with van der Waals surface area (Å²) in [6.45, 7) is 3.94. The maximum Gasteiger partial charge on any atom is 0.127 e. The van der Waals surface area contributed by atoms with E-state index in [1.807, 2.05) is 13.8 Å². The SMILES string of the molecule is Cc1cc(C)c(C2CC2)c(F)c1. The first-order valence-corrected chi connectivity index (χ1v) is 4.45. The summed E-state index contributed by atoms with van der Waals surface area (Å²) >= 11 is 0. The van der Waals surface area contributed by atoms with Gasteiger partial charge in [-0.1, -0.05) is 6.07 Å². The lowest BCUT2D eigenvalue weighted by Gasteiger charge is -2.06. The molecule has 0 heterocycles. The number of aryl methyl sites for hydroxylation is 2. The normalized spacial score (nSPS) is 16.6. The predicted molar refractivity (Wildman–Crippen MR) is 47.8 cm³/mol. The summed E-state index contributed by atoms with van der Waals surface area (Å²) in [5.74, 6) is 0.514. The molecule has 1 aliphatic carbocycles. The minimum atomic E-state index is -0.00463. The molecule has 1 fully saturated rings. The van der Waals surface area contributed by atoms with Gasteiger partial charge in [0.05, 0.1) is 0 Å². The van der Waals surface area contributed by atoms with Crippen LogP contribution in [-0.2, 0) is 0 Å². The van der Waals surface area contributed by atoms with Crippen molar-refractivity contribution in [1.82, 2.24) is 0 Å². The maximum atomic E-state index is 13.4. The summed E-state index contributed by atoms with van der Waals surface area (Å²) in [5.41, 5.74) is 3.10. The molecule has 0 N–H and O–H groups in total. The minimum Gasteiger partial charge on any atom is -0.207 e. The molecule has 64 valence electrons. The summed E-state index contributed by atoms with van der Waals surface area (Å²) in [5, 5.41) is 0. The molecule has 0 atom stereocenters. The summed E-state index contributed by atoms with van der Waals surface area (Å²) in [7, 11) is 0. The Kier molecular flexibility index (Phi) is 1.67. The third-order valence-electron chi connectivity index (χ3n) is 2.47. The number of hydrogen-bond acceptors (Lipinski definition) is 0. The molecule has 1 saturated carbocycles. The van der Waals surface area contributed by atoms with Crippen LogP contribution in [0.15, 0.2) is 12.1 Å². The molecule has 0 aliphatic heterocycles. The van der Waals surface area contributed by atoms with E-state index < -0.39 is 0 Å². The zero-order valence-corrected chi connectivity index (χ0v) is 7.52. The van der Waals surface area contributed by atoms with E-state index in [0.717, 1.165) is 16.7 Å². The van der Waals surface area contributed by atoms with Crippen molar-refractivity contribution in [2.75, 3.05) is 0 Å². The van der Waals surface area contributed by atoms with Crippen molar-refractivity contribution in [3.05, 3.63) is 34.6 Å². The van der Waals surface area contributed by atoms with Gasteiger partial charge >= 0.3 is 0 Å². The highest BCUT2D eigenvalue weighted by molar-refractivity contribution is 5.36. The molecule has 0 nitrogen and oxygen atoms in total. The van der Waals surface area contributed by atoms with E-state index >= 15 is 0 Å². The number of rotatable bonds is 1. The first kappa shape index (κ1) is 7.78. The lowest BCUT2D eigenvalue weighted by Crippen LogP contribution is -1.93. The van der Waals surface area contributed by atoms with E-state index in [2.05, 4.69) is 6.07 Å². The number of hydrogen-bond donors (Lipinski definition) is 0. The van der Waals surface area contributed by atoms with Crippen molar-refractivity contribution in [1.29, 1.82) is 0 Å². The van der Waals surface area contributed by atoms with E-state index in [1.54, 1.807) is 6.07 Å². The van der Waals surface area contributed by atoms with Gasteiger partial charge in [0.15, 0.2) is 0 Å². The van der Waals surface area contributed by atoms with Crippen molar-refractivity contribution >= 4 is 0 Å². The predicted octanol–water partition coefficient (Wildman–Crippen LogP) is 3.32. The summed E-state index contributed by atoms with van der Waals surface area (Å²) in [6, 6.07) is 3.71. The fourth-order valence-corrected chi connectivity index (χ4v) is 1.82. The van der Waals surface area contributed by atoms with Crippen LogP contribution in [0.2, 0.25) is 0 Å². The standard InChI is InChI=1S/C11H13F/c1-7-5-8(2)11(9-3-4-9)10(12)6-7/h5-6,9H,3-4H2,1-2H3. The highest BCUT2D eigenvalue weighted by Crippen LogP contribution is 2.42. The zero-order chi connectivity index (χ0) is 8.72. The Morgan fingerprint density at radius 2 is 1.92 bits per heavy atom. The maximum absolute atomic E-state index is 13.4. The first-order valence-electron chi connectivity index (χ1n) is 4.45. The fraction of sp³-hybridized carbons (Fsp3) is 0.455. The topological polar surface area (TPSA) is 0 Å². The number of halogens is 1. The Labute approximate surface area is 72.4 Å². The van der Waals surface area contributed by atoms with Crippen LogP contribution in [0.4, 0.5) is 4.39 Å². The molecule has 0 bridgehead atoms. The van der Waals surface area contributed by atoms with Gasteiger partial charge in [-0.25, -0.2) is 4.39 Å². The van der Waals surface area contributed by atoms with E-state index in [4.69, 9.17) is 0 Å². The molecule has 2 rings (SSSR count).